The molecule has 1 aliphatic heterocycles. The van der Waals surface area contributed by atoms with E-state index >= 15 is 0 Å². The third-order valence-electron chi connectivity index (χ3n) is 6.97. The number of rotatable bonds is 8. The molecule has 2 fully saturated rings. The van der Waals surface area contributed by atoms with E-state index in [9.17, 15) is 19.2 Å². The van der Waals surface area contributed by atoms with Crippen molar-refractivity contribution in [2.24, 2.45) is 0 Å². The Morgan fingerprint density at radius 1 is 1.02 bits per heavy atom. The summed E-state index contributed by atoms with van der Waals surface area (Å²) in [7, 11) is 0. The van der Waals surface area contributed by atoms with Gasteiger partial charge < -0.3 is 24.3 Å². The van der Waals surface area contributed by atoms with E-state index in [1.807, 2.05) is 22.8 Å². The fraction of sp³-hybridized carbons (Fsp3) is 0.556. The molecule has 1 N–H and O–H groups in total. The maximum absolute atomic E-state index is 12.4. The highest BCUT2D eigenvalue weighted by Gasteiger charge is 2.52. The second kappa shape index (κ2) is 13.1. The van der Waals surface area contributed by atoms with Crippen molar-refractivity contribution < 1.29 is 38.1 Å². The number of amides is 1. The van der Waals surface area contributed by atoms with Crippen molar-refractivity contribution in [1.82, 2.24) is 19.7 Å². The summed E-state index contributed by atoms with van der Waals surface area (Å²) in [5.74, 6) is -1.92. The van der Waals surface area contributed by atoms with Gasteiger partial charge in [-0.1, -0.05) is 36.6 Å². The Kier molecular flexibility index (Phi) is 9.82. The molecule has 1 aromatic heterocycles. The number of halogens is 1. The van der Waals surface area contributed by atoms with Crippen molar-refractivity contribution in [3.8, 4) is 11.4 Å². The first kappa shape index (κ1) is 30.7. The van der Waals surface area contributed by atoms with E-state index in [1.165, 1.54) is 32.4 Å². The summed E-state index contributed by atoms with van der Waals surface area (Å²) in [4.78, 5) is 48.4. The van der Waals surface area contributed by atoms with Crippen LogP contribution in [0.15, 0.2) is 24.3 Å². The SMILES string of the molecule is CC(=O)N[C@@H]1[C@@H](OC(C)=O)[C@H](OC(C)=O)[C@@H](COC(C)=O)O[C@H]1n1nc(-c2ccccc2Cl)n(C2CCCC2)c1=S. The maximum Gasteiger partial charge on any atom is 0.303 e. The minimum atomic E-state index is -1.23. The predicted octanol–water partition coefficient (Wildman–Crippen LogP) is 3.68. The Bertz CT molecular complexity index is 1370. The van der Waals surface area contributed by atoms with Gasteiger partial charge in [0.05, 0.1) is 5.02 Å². The van der Waals surface area contributed by atoms with Crippen LogP contribution in [0.5, 0.6) is 0 Å². The molecule has 1 amide bonds. The first-order chi connectivity index (χ1) is 19.5. The molecular formula is C27H33ClN4O8S. The number of carbonyl (C=O) groups is 4. The van der Waals surface area contributed by atoms with Crippen molar-refractivity contribution in [1.29, 1.82) is 0 Å². The van der Waals surface area contributed by atoms with Gasteiger partial charge in [0.15, 0.2) is 24.3 Å². The minimum Gasteiger partial charge on any atom is -0.463 e. The van der Waals surface area contributed by atoms with Crippen LogP contribution in [0.3, 0.4) is 0 Å². The lowest BCUT2D eigenvalue weighted by molar-refractivity contribution is -0.239. The number of carbonyl (C=O) groups excluding carboxylic acids is 4. The van der Waals surface area contributed by atoms with Gasteiger partial charge in [-0.05, 0) is 37.2 Å². The molecular weight excluding hydrogens is 576 g/mol. The molecule has 222 valence electrons. The normalized spacial score (nSPS) is 24.5. The first-order valence-corrected chi connectivity index (χ1v) is 14.1. The van der Waals surface area contributed by atoms with E-state index in [2.05, 4.69) is 5.32 Å². The fourth-order valence-corrected chi connectivity index (χ4v) is 6.00. The molecule has 1 aromatic carbocycles. The summed E-state index contributed by atoms with van der Waals surface area (Å²) in [6.07, 6.45) is -0.875. The van der Waals surface area contributed by atoms with Crippen molar-refractivity contribution in [3.63, 3.8) is 0 Å². The molecule has 12 nitrogen and oxygen atoms in total. The summed E-state index contributed by atoms with van der Waals surface area (Å²) < 4.78 is 26.4. The lowest BCUT2D eigenvalue weighted by Crippen LogP contribution is -2.64. The Labute approximate surface area is 247 Å². The van der Waals surface area contributed by atoms with Gasteiger partial charge in [-0.3, -0.25) is 23.7 Å². The highest BCUT2D eigenvalue weighted by Crippen LogP contribution is 2.38. The molecule has 1 saturated carbocycles. The lowest BCUT2D eigenvalue weighted by Gasteiger charge is -2.45. The average Bonchev–Trinajstić information content (AvgIpc) is 3.52. The number of esters is 3. The molecule has 2 aromatic rings. The molecule has 5 atom stereocenters. The molecule has 0 radical (unpaired) electrons. The Morgan fingerprint density at radius 3 is 2.24 bits per heavy atom. The molecule has 1 aliphatic carbocycles. The van der Waals surface area contributed by atoms with Crippen molar-refractivity contribution in [2.75, 3.05) is 6.61 Å². The molecule has 14 heteroatoms. The maximum atomic E-state index is 12.4. The third kappa shape index (κ3) is 6.96. The van der Waals surface area contributed by atoms with E-state index in [-0.39, 0.29) is 12.6 Å². The fourth-order valence-electron chi connectivity index (χ4n) is 5.39. The van der Waals surface area contributed by atoms with Gasteiger partial charge in [-0.25, -0.2) is 4.68 Å². The highest BCUT2D eigenvalue weighted by molar-refractivity contribution is 7.71. The van der Waals surface area contributed by atoms with E-state index in [4.69, 9.17) is 47.9 Å². The minimum absolute atomic E-state index is 0.0558. The number of aromatic nitrogens is 3. The van der Waals surface area contributed by atoms with Crippen molar-refractivity contribution in [3.05, 3.63) is 34.1 Å². The number of hydrogen-bond donors (Lipinski definition) is 1. The zero-order valence-electron chi connectivity index (χ0n) is 23.2. The second-order valence-corrected chi connectivity index (χ2v) is 10.9. The zero-order valence-corrected chi connectivity index (χ0v) is 24.8. The van der Waals surface area contributed by atoms with E-state index in [1.54, 1.807) is 6.07 Å². The lowest BCUT2D eigenvalue weighted by atomic mass is 9.95. The van der Waals surface area contributed by atoms with Crippen LogP contribution in [0.1, 0.15) is 65.6 Å². The van der Waals surface area contributed by atoms with Crippen LogP contribution in [0, 0.1) is 4.77 Å². The third-order valence-corrected chi connectivity index (χ3v) is 7.68. The Balaban J connectivity index is 1.90. The first-order valence-electron chi connectivity index (χ1n) is 13.3. The number of ether oxygens (including phenoxy) is 4. The van der Waals surface area contributed by atoms with Gasteiger partial charge in [-0.15, -0.1) is 5.10 Å². The smallest absolute Gasteiger partial charge is 0.303 e. The van der Waals surface area contributed by atoms with Gasteiger partial charge in [-0.2, -0.15) is 0 Å². The number of hydrogen-bond acceptors (Lipinski definition) is 10. The second-order valence-electron chi connectivity index (χ2n) is 10.1. The number of nitrogens with zero attached hydrogens (tertiary/aromatic N) is 3. The van der Waals surface area contributed by atoms with Crippen LogP contribution in [0.4, 0.5) is 0 Å². The van der Waals surface area contributed by atoms with Crippen LogP contribution in [-0.2, 0) is 38.1 Å². The van der Waals surface area contributed by atoms with Gasteiger partial charge in [0.25, 0.3) is 0 Å². The van der Waals surface area contributed by atoms with Crippen LogP contribution in [0.25, 0.3) is 11.4 Å². The van der Waals surface area contributed by atoms with E-state index in [0.29, 0.717) is 21.2 Å². The molecule has 4 rings (SSSR count). The van der Waals surface area contributed by atoms with Crippen molar-refractivity contribution in [2.45, 2.75) is 90.0 Å². The number of benzene rings is 1. The van der Waals surface area contributed by atoms with Crippen LogP contribution >= 0.6 is 23.8 Å². The van der Waals surface area contributed by atoms with Crippen LogP contribution in [0.2, 0.25) is 5.02 Å². The van der Waals surface area contributed by atoms with E-state index < -0.39 is 54.4 Å². The molecule has 0 bridgehead atoms. The largest absolute Gasteiger partial charge is 0.463 e. The topological polar surface area (TPSA) is 140 Å². The molecule has 0 spiro atoms. The molecule has 41 heavy (non-hydrogen) atoms. The molecule has 1 saturated heterocycles. The quantitative estimate of drug-likeness (QED) is 0.268. The van der Waals surface area contributed by atoms with Gasteiger partial charge in [0, 0.05) is 39.3 Å². The molecule has 0 unspecified atom stereocenters. The zero-order chi connectivity index (χ0) is 29.8. The van der Waals surface area contributed by atoms with E-state index in [0.717, 1.165) is 25.7 Å². The average molecular weight is 609 g/mol. The van der Waals surface area contributed by atoms with Crippen LogP contribution in [-0.4, -0.2) is 69.1 Å². The monoisotopic (exact) mass is 608 g/mol. The summed E-state index contributed by atoms with van der Waals surface area (Å²) in [5, 5.41) is 8.10. The van der Waals surface area contributed by atoms with Crippen LogP contribution < -0.4 is 5.32 Å². The number of nitrogens with one attached hydrogen (secondary N) is 1. The van der Waals surface area contributed by atoms with Gasteiger partial charge in [0.2, 0.25) is 10.7 Å². The highest BCUT2D eigenvalue weighted by atomic mass is 35.5. The summed E-state index contributed by atoms with van der Waals surface area (Å²) >= 11 is 12.5. The predicted molar refractivity (Wildman–Crippen MR) is 148 cm³/mol. The summed E-state index contributed by atoms with van der Waals surface area (Å²) in [5.41, 5.74) is 0.656. The standard InChI is InChI=1S/C27H33ClN4O8S/c1-14(33)29-22-24(39-17(4)36)23(38-16(3)35)21(13-37-15(2)34)40-26(22)32-27(41)31(18-9-5-6-10-18)25(30-32)19-11-7-8-12-20(19)28/h7-8,11-12,18,21-24,26H,5-6,9-10,13H2,1-4H3,(H,29,33)/t21-,22-,23-,24-,26-/m1/s1. The summed E-state index contributed by atoms with van der Waals surface area (Å²) in [6.45, 7) is 4.56. The summed E-state index contributed by atoms with van der Waals surface area (Å²) in [6, 6.07) is 6.21. The van der Waals surface area contributed by atoms with Gasteiger partial charge in [0.1, 0.15) is 18.8 Å². The molecule has 2 heterocycles. The Hall–Kier alpha value is -3.29. The Morgan fingerprint density at radius 2 is 1.66 bits per heavy atom. The van der Waals surface area contributed by atoms with Crippen molar-refractivity contribution >= 4 is 47.6 Å². The molecule has 2 aliphatic rings. The van der Waals surface area contributed by atoms with Gasteiger partial charge >= 0.3 is 17.9 Å².